The van der Waals surface area contributed by atoms with Gasteiger partial charge in [0.25, 0.3) is 0 Å². The number of ether oxygens (including phenoxy) is 2. The molecule has 4 unspecified atom stereocenters. The molecule has 0 spiro atoms. The van der Waals surface area contributed by atoms with Crippen LogP contribution in [-0.2, 0) is 19.1 Å². The average Bonchev–Trinajstić information content (AvgIpc) is 2.41. The molecule has 1 heterocycles. The summed E-state index contributed by atoms with van der Waals surface area (Å²) in [6, 6.07) is 0. The van der Waals surface area contributed by atoms with Gasteiger partial charge in [-0.3, -0.25) is 4.79 Å². The van der Waals surface area contributed by atoms with Crippen molar-refractivity contribution < 1.29 is 19.1 Å². The molecule has 0 N–H and O–H groups in total. The number of carbonyl (C=O) groups is 2. The fraction of sp³-hybridized carbons (Fsp3) is 0.733. The van der Waals surface area contributed by atoms with Crippen LogP contribution in [0.3, 0.4) is 0 Å². The Kier molecular flexibility index (Phi) is 3.56. The van der Waals surface area contributed by atoms with E-state index in [1.807, 2.05) is 20.8 Å². The highest BCUT2D eigenvalue weighted by Gasteiger charge is 2.48. The van der Waals surface area contributed by atoms with Gasteiger partial charge in [0, 0.05) is 5.92 Å². The number of ketones is 1. The minimum atomic E-state index is -0.891. The summed E-state index contributed by atoms with van der Waals surface area (Å²) < 4.78 is 10.9. The van der Waals surface area contributed by atoms with Crippen LogP contribution in [0.25, 0.3) is 0 Å². The van der Waals surface area contributed by atoms with E-state index in [9.17, 15) is 9.59 Å². The van der Waals surface area contributed by atoms with Gasteiger partial charge < -0.3 is 9.47 Å². The molecule has 1 saturated heterocycles. The number of carbonyl (C=O) groups excluding carboxylic acids is 2. The molecule has 1 aliphatic carbocycles. The first kappa shape index (κ1) is 14.3. The van der Waals surface area contributed by atoms with E-state index >= 15 is 0 Å². The number of allylic oxidation sites excluding steroid dienone is 1. The summed E-state index contributed by atoms with van der Waals surface area (Å²) in [4.78, 5) is 24.0. The van der Waals surface area contributed by atoms with Crippen molar-refractivity contribution in [2.75, 3.05) is 7.11 Å². The molecule has 1 fully saturated rings. The van der Waals surface area contributed by atoms with Crippen LogP contribution in [0.2, 0.25) is 0 Å². The second-order valence-electron chi connectivity index (χ2n) is 5.92. The molecule has 19 heavy (non-hydrogen) atoms. The Hall–Kier alpha value is -1.16. The van der Waals surface area contributed by atoms with Crippen molar-refractivity contribution in [3.8, 4) is 0 Å². The maximum Gasteiger partial charge on any atom is 0.337 e. The molecule has 0 aromatic rings. The quantitative estimate of drug-likeness (QED) is 0.683. The Morgan fingerprint density at radius 3 is 2.63 bits per heavy atom. The molecule has 106 valence electrons. The van der Waals surface area contributed by atoms with Crippen LogP contribution in [0, 0.1) is 11.8 Å². The van der Waals surface area contributed by atoms with E-state index in [4.69, 9.17) is 9.47 Å². The van der Waals surface area contributed by atoms with Gasteiger partial charge in [-0.25, -0.2) is 4.79 Å². The van der Waals surface area contributed by atoms with E-state index < -0.39 is 5.60 Å². The van der Waals surface area contributed by atoms with Crippen LogP contribution in [0.15, 0.2) is 11.1 Å². The van der Waals surface area contributed by atoms with E-state index in [-0.39, 0.29) is 29.7 Å². The summed E-state index contributed by atoms with van der Waals surface area (Å²) in [7, 11) is 1.38. The Balaban J connectivity index is 2.35. The third-order valence-corrected chi connectivity index (χ3v) is 4.75. The summed E-state index contributed by atoms with van der Waals surface area (Å²) in [5, 5.41) is 0. The highest BCUT2D eigenvalue weighted by atomic mass is 16.6. The lowest BCUT2D eigenvalue weighted by Crippen LogP contribution is -2.51. The van der Waals surface area contributed by atoms with E-state index in [1.165, 1.54) is 7.11 Å². The number of Topliss-reactive ketones (excluding diaryl/α,β-unsaturated/α-hetero) is 1. The zero-order valence-electron chi connectivity index (χ0n) is 12.3. The average molecular weight is 266 g/mol. The van der Waals surface area contributed by atoms with Crippen LogP contribution in [0.5, 0.6) is 0 Å². The predicted octanol–water partition coefficient (Wildman–Crippen LogP) is 2.27. The largest absolute Gasteiger partial charge is 0.467 e. The van der Waals surface area contributed by atoms with Gasteiger partial charge in [-0.05, 0) is 43.8 Å². The number of fused-ring (bicyclic) bond motifs is 1. The summed E-state index contributed by atoms with van der Waals surface area (Å²) in [6.07, 6.45) is 1.15. The maximum absolute atomic E-state index is 12.1. The molecule has 0 amide bonds. The third kappa shape index (κ3) is 2.12. The van der Waals surface area contributed by atoms with Gasteiger partial charge >= 0.3 is 5.97 Å². The topological polar surface area (TPSA) is 52.6 Å². The second-order valence-corrected chi connectivity index (χ2v) is 5.92. The van der Waals surface area contributed by atoms with Crippen molar-refractivity contribution in [2.24, 2.45) is 11.8 Å². The lowest BCUT2D eigenvalue weighted by Gasteiger charge is -2.45. The van der Waals surface area contributed by atoms with Gasteiger partial charge in [0.1, 0.15) is 0 Å². The van der Waals surface area contributed by atoms with Crippen molar-refractivity contribution in [3.05, 3.63) is 11.1 Å². The molecule has 0 aromatic heterocycles. The highest BCUT2D eigenvalue weighted by molar-refractivity contribution is 5.98. The first-order chi connectivity index (χ1) is 8.81. The Morgan fingerprint density at radius 1 is 1.42 bits per heavy atom. The van der Waals surface area contributed by atoms with Crippen LogP contribution in [0.1, 0.15) is 40.5 Å². The Bertz CT molecular complexity index is 451. The minimum Gasteiger partial charge on any atom is -0.467 e. The number of rotatable bonds is 1. The second kappa shape index (κ2) is 4.75. The van der Waals surface area contributed by atoms with Gasteiger partial charge in [0.15, 0.2) is 11.4 Å². The SMILES string of the molecule is COC(=O)C1(C)CCC2=C(C)C(=O)C(C)C(C)C2O1. The first-order valence-corrected chi connectivity index (χ1v) is 6.82. The molecule has 2 rings (SSSR count). The van der Waals surface area contributed by atoms with Gasteiger partial charge in [0.05, 0.1) is 13.2 Å². The van der Waals surface area contributed by atoms with Gasteiger partial charge in [-0.15, -0.1) is 0 Å². The van der Waals surface area contributed by atoms with E-state index in [1.54, 1.807) is 6.92 Å². The predicted molar refractivity (Wildman–Crippen MR) is 70.6 cm³/mol. The first-order valence-electron chi connectivity index (χ1n) is 6.82. The van der Waals surface area contributed by atoms with Crippen molar-refractivity contribution in [2.45, 2.75) is 52.2 Å². The summed E-state index contributed by atoms with van der Waals surface area (Å²) in [5.41, 5.74) is 0.997. The van der Waals surface area contributed by atoms with Gasteiger partial charge in [-0.2, -0.15) is 0 Å². The van der Waals surface area contributed by atoms with Crippen molar-refractivity contribution in [3.63, 3.8) is 0 Å². The summed E-state index contributed by atoms with van der Waals surface area (Å²) >= 11 is 0. The van der Waals surface area contributed by atoms with Gasteiger partial charge in [0.2, 0.25) is 0 Å². The molecule has 4 nitrogen and oxygen atoms in total. The van der Waals surface area contributed by atoms with E-state index in [2.05, 4.69) is 0 Å². The highest BCUT2D eigenvalue weighted by Crippen LogP contribution is 2.43. The molecule has 4 atom stereocenters. The molecular formula is C15H22O4. The minimum absolute atomic E-state index is 0.0613. The summed E-state index contributed by atoms with van der Waals surface area (Å²) in [6.45, 7) is 7.60. The normalized spacial score (nSPS) is 39.0. The molecule has 2 aliphatic rings. The Morgan fingerprint density at radius 2 is 2.05 bits per heavy atom. The van der Waals surface area contributed by atoms with E-state index in [0.29, 0.717) is 6.42 Å². The third-order valence-electron chi connectivity index (χ3n) is 4.75. The van der Waals surface area contributed by atoms with Crippen molar-refractivity contribution in [1.29, 1.82) is 0 Å². The molecule has 0 bridgehead atoms. The monoisotopic (exact) mass is 266 g/mol. The summed E-state index contributed by atoms with van der Waals surface area (Å²) in [5.74, 6) is -0.0887. The number of esters is 1. The van der Waals surface area contributed by atoms with Crippen LogP contribution in [0.4, 0.5) is 0 Å². The standard InChI is InChI=1S/C15H22O4/c1-8-9(2)13-11(10(3)12(8)16)6-7-15(4,19-13)14(17)18-5/h8-9,13H,6-7H2,1-5H3. The lowest BCUT2D eigenvalue weighted by molar-refractivity contribution is -0.183. The molecule has 1 aliphatic heterocycles. The molecule has 0 radical (unpaired) electrons. The molecule has 0 aromatic carbocycles. The van der Waals surface area contributed by atoms with Crippen molar-refractivity contribution >= 4 is 11.8 Å². The number of hydrogen-bond donors (Lipinski definition) is 0. The fourth-order valence-electron chi connectivity index (χ4n) is 3.12. The lowest BCUT2D eigenvalue weighted by atomic mass is 9.71. The van der Waals surface area contributed by atoms with Gasteiger partial charge in [-0.1, -0.05) is 13.8 Å². The number of methoxy groups -OCH3 is 1. The maximum atomic E-state index is 12.1. The van der Waals surface area contributed by atoms with Crippen molar-refractivity contribution in [1.82, 2.24) is 0 Å². The molecule has 0 saturated carbocycles. The van der Waals surface area contributed by atoms with E-state index in [0.717, 1.165) is 17.6 Å². The zero-order valence-corrected chi connectivity index (χ0v) is 12.3. The van der Waals surface area contributed by atoms with Crippen LogP contribution >= 0.6 is 0 Å². The zero-order chi connectivity index (χ0) is 14.4. The Labute approximate surface area is 114 Å². The number of hydrogen-bond acceptors (Lipinski definition) is 4. The molecular weight excluding hydrogens is 244 g/mol. The smallest absolute Gasteiger partial charge is 0.337 e. The van der Waals surface area contributed by atoms with Crippen LogP contribution < -0.4 is 0 Å². The molecule has 4 heteroatoms. The fourth-order valence-corrected chi connectivity index (χ4v) is 3.12. The van der Waals surface area contributed by atoms with Crippen LogP contribution in [-0.4, -0.2) is 30.6 Å².